The van der Waals surface area contributed by atoms with Crippen LogP contribution in [0.2, 0.25) is 0 Å². The number of esters is 1. The molecular formula is C11H14O5. The summed E-state index contributed by atoms with van der Waals surface area (Å²) in [7, 11) is 0. The van der Waals surface area contributed by atoms with Crippen molar-refractivity contribution >= 4 is 11.9 Å². The highest BCUT2D eigenvalue weighted by atomic mass is 16.5. The van der Waals surface area contributed by atoms with Crippen LogP contribution in [0.15, 0.2) is 23.5 Å². The lowest BCUT2D eigenvalue weighted by atomic mass is 10.1. The first-order chi connectivity index (χ1) is 7.47. The van der Waals surface area contributed by atoms with Gasteiger partial charge >= 0.3 is 11.9 Å². The van der Waals surface area contributed by atoms with E-state index in [4.69, 9.17) is 14.6 Å². The molecule has 5 heteroatoms. The molecule has 0 aromatic carbocycles. The predicted octanol–water partition coefficient (Wildman–Crippen LogP) is 1.25. The van der Waals surface area contributed by atoms with Crippen LogP contribution in [0.3, 0.4) is 0 Å². The average Bonchev–Trinajstić information content (AvgIpc) is 2.62. The van der Waals surface area contributed by atoms with E-state index in [1.54, 1.807) is 13.8 Å². The first kappa shape index (κ1) is 12.3. The Bertz CT molecular complexity index is 367. The van der Waals surface area contributed by atoms with E-state index in [9.17, 15) is 9.59 Å². The van der Waals surface area contributed by atoms with Gasteiger partial charge in [-0.3, -0.25) is 0 Å². The van der Waals surface area contributed by atoms with E-state index in [0.29, 0.717) is 5.57 Å². The minimum absolute atomic E-state index is 0.0716. The van der Waals surface area contributed by atoms with Gasteiger partial charge in [0.2, 0.25) is 5.76 Å². The highest BCUT2D eigenvalue weighted by molar-refractivity contribution is 5.99. The number of hydrogen-bond donors (Lipinski definition) is 1. The highest BCUT2D eigenvalue weighted by Crippen LogP contribution is 2.29. The van der Waals surface area contributed by atoms with Crippen molar-refractivity contribution in [3.05, 3.63) is 23.5 Å². The third-order valence-corrected chi connectivity index (χ3v) is 2.19. The molecule has 0 aliphatic carbocycles. The van der Waals surface area contributed by atoms with Gasteiger partial charge in [-0.15, -0.1) is 0 Å². The number of aliphatic carboxylic acids is 1. The largest absolute Gasteiger partial charge is 0.478 e. The Balaban J connectivity index is 2.92. The summed E-state index contributed by atoms with van der Waals surface area (Å²) in [6, 6.07) is 0. The molecule has 0 saturated carbocycles. The molecule has 5 nitrogen and oxygen atoms in total. The van der Waals surface area contributed by atoms with Crippen LogP contribution in [0.4, 0.5) is 0 Å². The standard InChI is InChI=1S/C11H14O5/c1-4-15-11(14)7-5-8(6(2)3)16-9(7)10(12)13/h8H,2,4-5H2,1,3H3,(H,12,13). The molecule has 0 spiro atoms. The van der Waals surface area contributed by atoms with E-state index in [-0.39, 0.29) is 24.4 Å². The van der Waals surface area contributed by atoms with Gasteiger partial charge in [-0.2, -0.15) is 0 Å². The molecule has 1 unspecified atom stereocenters. The van der Waals surface area contributed by atoms with Gasteiger partial charge in [-0.25, -0.2) is 9.59 Å². The van der Waals surface area contributed by atoms with Crippen LogP contribution in [0.1, 0.15) is 20.3 Å². The molecule has 0 aromatic rings. The highest BCUT2D eigenvalue weighted by Gasteiger charge is 2.35. The Morgan fingerprint density at radius 1 is 1.62 bits per heavy atom. The number of carbonyl (C=O) groups excluding carboxylic acids is 1. The summed E-state index contributed by atoms with van der Waals surface area (Å²) in [5.74, 6) is -2.22. The van der Waals surface area contributed by atoms with Crippen LogP contribution >= 0.6 is 0 Å². The molecule has 1 aliphatic heterocycles. The lowest BCUT2D eigenvalue weighted by Gasteiger charge is -2.09. The zero-order valence-corrected chi connectivity index (χ0v) is 9.28. The molecule has 0 bridgehead atoms. The zero-order chi connectivity index (χ0) is 12.3. The summed E-state index contributed by atoms with van der Waals surface area (Å²) in [5.41, 5.74) is 0.750. The van der Waals surface area contributed by atoms with Gasteiger partial charge in [0.25, 0.3) is 0 Å². The molecule has 0 radical (unpaired) electrons. The fourth-order valence-corrected chi connectivity index (χ4v) is 1.38. The van der Waals surface area contributed by atoms with Crippen molar-refractivity contribution in [1.82, 2.24) is 0 Å². The minimum atomic E-state index is -1.26. The van der Waals surface area contributed by atoms with Crippen LogP contribution in [-0.4, -0.2) is 29.8 Å². The van der Waals surface area contributed by atoms with Crippen molar-refractivity contribution in [3.8, 4) is 0 Å². The Hall–Kier alpha value is -1.78. The van der Waals surface area contributed by atoms with Crippen molar-refractivity contribution < 1.29 is 24.2 Å². The van der Waals surface area contributed by atoms with Crippen LogP contribution in [0.5, 0.6) is 0 Å². The third-order valence-electron chi connectivity index (χ3n) is 2.19. The topological polar surface area (TPSA) is 72.8 Å². The fourth-order valence-electron chi connectivity index (χ4n) is 1.38. The Morgan fingerprint density at radius 2 is 2.25 bits per heavy atom. The number of carboxylic acids is 1. The Morgan fingerprint density at radius 3 is 2.69 bits per heavy atom. The van der Waals surface area contributed by atoms with Gasteiger partial charge in [0.1, 0.15) is 6.10 Å². The summed E-state index contributed by atoms with van der Waals surface area (Å²) in [5, 5.41) is 8.88. The molecule has 1 aliphatic rings. The van der Waals surface area contributed by atoms with Gasteiger partial charge in [0, 0.05) is 6.42 Å². The van der Waals surface area contributed by atoms with Crippen LogP contribution in [0.25, 0.3) is 0 Å². The molecule has 16 heavy (non-hydrogen) atoms. The average molecular weight is 226 g/mol. The summed E-state index contributed by atoms with van der Waals surface area (Å²) in [6.07, 6.45) is -0.249. The number of rotatable bonds is 4. The first-order valence-corrected chi connectivity index (χ1v) is 4.93. The molecule has 1 rings (SSSR count). The van der Waals surface area contributed by atoms with E-state index in [1.165, 1.54) is 0 Å². The SMILES string of the molecule is C=C(C)C1CC(C(=O)OCC)=C(C(=O)O)O1. The molecule has 1 heterocycles. The lowest BCUT2D eigenvalue weighted by Crippen LogP contribution is -2.11. The summed E-state index contributed by atoms with van der Waals surface area (Å²) in [4.78, 5) is 22.3. The van der Waals surface area contributed by atoms with E-state index in [0.717, 1.165) is 0 Å². The molecule has 1 atom stereocenters. The maximum atomic E-state index is 11.5. The van der Waals surface area contributed by atoms with Crippen molar-refractivity contribution in [2.24, 2.45) is 0 Å². The summed E-state index contributed by atoms with van der Waals surface area (Å²) >= 11 is 0. The van der Waals surface area contributed by atoms with Gasteiger partial charge in [0.15, 0.2) is 0 Å². The molecule has 0 saturated heterocycles. The monoisotopic (exact) mass is 226 g/mol. The fraction of sp³-hybridized carbons (Fsp3) is 0.455. The zero-order valence-electron chi connectivity index (χ0n) is 9.28. The molecular weight excluding hydrogens is 212 g/mol. The predicted molar refractivity (Wildman–Crippen MR) is 55.6 cm³/mol. The Kier molecular flexibility index (Phi) is 3.71. The van der Waals surface area contributed by atoms with Gasteiger partial charge < -0.3 is 14.6 Å². The first-order valence-electron chi connectivity index (χ1n) is 4.93. The van der Waals surface area contributed by atoms with Crippen LogP contribution in [0, 0.1) is 0 Å². The van der Waals surface area contributed by atoms with E-state index in [2.05, 4.69) is 6.58 Å². The van der Waals surface area contributed by atoms with Gasteiger partial charge in [-0.1, -0.05) is 6.58 Å². The van der Waals surface area contributed by atoms with Crippen molar-refractivity contribution in [2.45, 2.75) is 26.4 Å². The summed E-state index contributed by atoms with van der Waals surface area (Å²) in [6.45, 7) is 7.25. The number of ether oxygens (including phenoxy) is 2. The maximum absolute atomic E-state index is 11.5. The third kappa shape index (κ3) is 2.42. The van der Waals surface area contributed by atoms with Crippen molar-refractivity contribution in [3.63, 3.8) is 0 Å². The molecule has 1 N–H and O–H groups in total. The molecule has 0 aromatic heterocycles. The minimum Gasteiger partial charge on any atom is -0.478 e. The number of carboxylic acid groups (broad SMARTS) is 1. The van der Waals surface area contributed by atoms with Crippen LogP contribution in [-0.2, 0) is 19.1 Å². The maximum Gasteiger partial charge on any atom is 0.371 e. The van der Waals surface area contributed by atoms with Crippen molar-refractivity contribution in [2.75, 3.05) is 6.61 Å². The van der Waals surface area contributed by atoms with E-state index < -0.39 is 18.0 Å². The number of carbonyl (C=O) groups is 2. The quantitative estimate of drug-likeness (QED) is 0.577. The lowest BCUT2D eigenvalue weighted by molar-refractivity contribution is -0.141. The van der Waals surface area contributed by atoms with E-state index in [1.807, 2.05) is 0 Å². The van der Waals surface area contributed by atoms with Crippen molar-refractivity contribution in [1.29, 1.82) is 0 Å². The van der Waals surface area contributed by atoms with Gasteiger partial charge in [-0.05, 0) is 19.4 Å². The van der Waals surface area contributed by atoms with Crippen LogP contribution < -0.4 is 0 Å². The van der Waals surface area contributed by atoms with E-state index >= 15 is 0 Å². The molecule has 88 valence electrons. The number of hydrogen-bond acceptors (Lipinski definition) is 4. The van der Waals surface area contributed by atoms with Gasteiger partial charge in [0.05, 0.1) is 12.2 Å². The second-order valence-corrected chi connectivity index (χ2v) is 3.49. The second kappa shape index (κ2) is 4.83. The normalized spacial score (nSPS) is 19.2. The molecule has 0 fully saturated rings. The second-order valence-electron chi connectivity index (χ2n) is 3.49. The summed E-state index contributed by atoms with van der Waals surface area (Å²) < 4.78 is 9.91. The Labute approximate surface area is 93.3 Å². The molecule has 0 amide bonds. The smallest absolute Gasteiger partial charge is 0.371 e.